The Kier molecular flexibility index (Phi) is 5.27. The molecule has 1 aliphatic rings. The van der Waals surface area contributed by atoms with Crippen LogP contribution in [0.4, 0.5) is 5.82 Å². The molecule has 0 saturated carbocycles. The summed E-state index contributed by atoms with van der Waals surface area (Å²) in [6, 6.07) is 0. The first-order valence-corrected chi connectivity index (χ1v) is 7.40. The van der Waals surface area contributed by atoms with Gasteiger partial charge in [0.25, 0.3) is 0 Å². The van der Waals surface area contributed by atoms with Crippen LogP contribution in [0, 0.1) is 5.92 Å². The molecule has 1 aromatic heterocycles. The number of allylic oxidation sites excluding steroid dienone is 1. The zero-order valence-corrected chi connectivity index (χ0v) is 12.7. The number of piperidine rings is 1. The maximum absolute atomic E-state index is 5.89. The number of nitrogens with one attached hydrogen (secondary N) is 1. The van der Waals surface area contributed by atoms with Crippen LogP contribution >= 0.6 is 0 Å². The summed E-state index contributed by atoms with van der Waals surface area (Å²) >= 11 is 0. The molecule has 1 atom stereocenters. The third-order valence-corrected chi connectivity index (χ3v) is 3.58. The minimum Gasteiger partial charge on any atom is -0.402 e. The SMILES string of the molecule is CC(C)/C(N)=C/C(N)=Nc1cncc(C2CCCNC2)n1. The maximum Gasteiger partial charge on any atom is 0.172 e. The van der Waals surface area contributed by atoms with Gasteiger partial charge in [-0.25, -0.2) is 9.98 Å². The molecule has 114 valence electrons. The number of hydrogen-bond donors (Lipinski definition) is 3. The first kappa shape index (κ1) is 15.4. The van der Waals surface area contributed by atoms with E-state index in [4.69, 9.17) is 11.5 Å². The third kappa shape index (κ3) is 4.53. The molecule has 1 aromatic rings. The molecule has 0 amide bonds. The highest BCUT2D eigenvalue weighted by atomic mass is 15.0. The summed E-state index contributed by atoms with van der Waals surface area (Å²) in [7, 11) is 0. The lowest BCUT2D eigenvalue weighted by atomic mass is 9.97. The van der Waals surface area contributed by atoms with E-state index in [1.54, 1.807) is 12.3 Å². The molecule has 1 aliphatic heterocycles. The van der Waals surface area contributed by atoms with Crippen LogP contribution in [0.3, 0.4) is 0 Å². The number of nitrogens with two attached hydrogens (primary N) is 2. The van der Waals surface area contributed by atoms with Crippen molar-refractivity contribution in [2.75, 3.05) is 13.1 Å². The Hall–Kier alpha value is -1.95. The maximum atomic E-state index is 5.89. The van der Waals surface area contributed by atoms with Crippen LogP contribution < -0.4 is 16.8 Å². The van der Waals surface area contributed by atoms with Gasteiger partial charge in [0.1, 0.15) is 5.84 Å². The Labute approximate surface area is 125 Å². The van der Waals surface area contributed by atoms with Gasteiger partial charge in [-0.05, 0) is 31.4 Å². The van der Waals surface area contributed by atoms with Crippen LogP contribution in [0.15, 0.2) is 29.2 Å². The van der Waals surface area contributed by atoms with Gasteiger partial charge in [0.05, 0.1) is 11.9 Å². The number of rotatable bonds is 4. The fourth-order valence-electron chi connectivity index (χ4n) is 2.23. The molecular formula is C15H24N6. The second-order valence-corrected chi connectivity index (χ2v) is 5.68. The molecule has 2 rings (SSSR count). The summed E-state index contributed by atoms with van der Waals surface area (Å²) in [5, 5.41) is 3.38. The molecule has 0 aliphatic carbocycles. The van der Waals surface area contributed by atoms with E-state index >= 15 is 0 Å². The standard InChI is InChI=1S/C15H24N6/c1-10(2)12(16)6-14(17)21-15-9-19-8-13(20-15)11-4-3-5-18-7-11/h6,8-11,18H,3-5,7,16H2,1-2H3,(H2,17,20,21)/b12-6-. The number of aromatic nitrogens is 2. The van der Waals surface area contributed by atoms with Crippen LogP contribution in [-0.4, -0.2) is 28.9 Å². The van der Waals surface area contributed by atoms with Crippen molar-refractivity contribution >= 4 is 11.7 Å². The predicted octanol–water partition coefficient (Wildman–Crippen LogP) is 1.43. The van der Waals surface area contributed by atoms with Gasteiger partial charge in [-0.2, -0.15) is 0 Å². The topological polar surface area (TPSA) is 102 Å². The van der Waals surface area contributed by atoms with Crippen molar-refractivity contribution in [3.8, 4) is 0 Å². The molecule has 21 heavy (non-hydrogen) atoms. The van der Waals surface area contributed by atoms with Gasteiger partial charge >= 0.3 is 0 Å². The number of amidine groups is 1. The molecule has 2 heterocycles. The van der Waals surface area contributed by atoms with Crippen molar-refractivity contribution in [1.29, 1.82) is 0 Å². The lowest BCUT2D eigenvalue weighted by molar-refractivity contribution is 0.454. The molecule has 5 N–H and O–H groups in total. The minimum absolute atomic E-state index is 0.240. The van der Waals surface area contributed by atoms with E-state index in [0.717, 1.165) is 31.6 Å². The van der Waals surface area contributed by atoms with Crippen molar-refractivity contribution in [2.45, 2.75) is 32.6 Å². The van der Waals surface area contributed by atoms with Crippen molar-refractivity contribution in [1.82, 2.24) is 15.3 Å². The van der Waals surface area contributed by atoms with Gasteiger partial charge in [0, 0.05) is 24.4 Å². The van der Waals surface area contributed by atoms with E-state index in [0.29, 0.717) is 23.3 Å². The molecule has 1 fully saturated rings. The summed E-state index contributed by atoms with van der Waals surface area (Å²) in [4.78, 5) is 13.1. The van der Waals surface area contributed by atoms with E-state index in [1.165, 1.54) is 0 Å². The van der Waals surface area contributed by atoms with Gasteiger partial charge in [0.2, 0.25) is 0 Å². The van der Waals surface area contributed by atoms with Crippen LogP contribution in [0.25, 0.3) is 0 Å². The molecule has 0 bridgehead atoms. The second kappa shape index (κ2) is 7.17. The summed E-state index contributed by atoms with van der Waals surface area (Å²) in [6.45, 7) is 6.04. The molecule has 0 aromatic carbocycles. The Morgan fingerprint density at radius 3 is 2.90 bits per heavy atom. The first-order chi connectivity index (χ1) is 10.1. The van der Waals surface area contributed by atoms with E-state index in [-0.39, 0.29) is 5.92 Å². The highest BCUT2D eigenvalue weighted by Gasteiger charge is 2.16. The second-order valence-electron chi connectivity index (χ2n) is 5.68. The third-order valence-electron chi connectivity index (χ3n) is 3.58. The lowest BCUT2D eigenvalue weighted by Crippen LogP contribution is -2.28. The smallest absolute Gasteiger partial charge is 0.172 e. The summed E-state index contributed by atoms with van der Waals surface area (Å²) in [6.07, 6.45) is 7.40. The number of nitrogens with zero attached hydrogens (tertiary/aromatic N) is 3. The van der Waals surface area contributed by atoms with Crippen LogP contribution in [0.2, 0.25) is 0 Å². The van der Waals surface area contributed by atoms with Gasteiger partial charge in [0.15, 0.2) is 5.82 Å². The fourth-order valence-corrected chi connectivity index (χ4v) is 2.23. The van der Waals surface area contributed by atoms with Crippen LogP contribution in [0.5, 0.6) is 0 Å². The Morgan fingerprint density at radius 1 is 1.43 bits per heavy atom. The Balaban J connectivity index is 2.15. The molecule has 0 spiro atoms. The number of hydrogen-bond acceptors (Lipinski definition) is 5. The summed E-state index contributed by atoms with van der Waals surface area (Å²) in [5.74, 6) is 1.53. The van der Waals surface area contributed by atoms with Gasteiger partial charge < -0.3 is 16.8 Å². The predicted molar refractivity (Wildman–Crippen MR) is 85.3 cm³/mol. The lowest BCUT2D eigenvalue weighted by Gasteiger charge is -2.21. The summed E-state index contributed by atoms with van der Waals surface area (Å²) in [5.41, 5.74) is 13.4. The minimum atomic E-state index is 0.240. The van der Waals surface area contributed by atoms with Crippen molar-refractivity contribution < 1.29 is 0 Å². The quantitative estimate of drug-likeness (QED) is 0.574. The molecule has 6 nitrogen and oxygen atoms in total. The van der Waals surface area contributed by atoms with Gasteiger partial charge in [-0.3, -0.25) is 4.98 Å². The highest BCUT2D eigenvalue weighted by Crippen LogP contribution is 2.22. The van der Waals surface area contributed by atoms with Gasteiger partial charge in [-0.15, -0.1) is 0 Å². The molecule has 6 heteroatoms. The fraction of sp³-hybridized carbons (Fsp3) is 0.533. The highest BCUT2D eigenvalue weighted by molar-refractivity contribution is 5.93. The average molecular weight is 288 g/mol. The van der Waals surface area contributed by atoms with Gasteiger partial charge in [-0.1, -0.05) is 13.8 Å². The van der Waals surface area contributed by atoms with E-state index in [9.17, 15) is 0 Å². The largest absolute Gasteiger partial charge is 0.402 e. The zero-order valence-electron chi connectivity index (χ0n) is 12.7. The normalized spacial score (nSPS) is 20.8. The van der Waals surface area contributed by atoms with E-state index in [1.807, 2.05) is 20.0 Å². The summed E-state index contributed by atoms with van der Waals surface area (Å²) < 4.78 is 0. The molecule has 0 radical (unpaired) electrons. The first-order valence-electron chi connectivity index (χ1n) is 7.40. The Morgan fingerprint density at radius 2 is 2.24 bits per heavy atom. The monoisotopic (exact) mass is 288 g/mol. The van der Waals surface area contributed by atoms with Crippen LogP contribution in [-0.2, 0) is 0 Å². The Bertz CT molecular complexity index is 529. The average Bonchev–Trinajstić information content (AvgIpc) is 2.48. The van der Waals surface area contributed by atoms with E-state index < -0.39 is 0 Å². The van der Waals surface area contributed by atoms with Crippen molar-refractivity contribution in [3.05, 3.63) is 29.9 Å². The zero-order chi connectivity index (χ0) is 15.2. The van der Waals surface area contributed by atoms with Crippen molar-refractivity contribution in [3.63, 3.8) is 0 Å². The molecular weight excluding hydrogens is 264 g/mol. The molecule has 1 saturated heterocycles. The van der Waals surface area contributed by atoms with Crippen LogP contribution in [0.1, 0.15) is 38.3 Å². The number of aliphatic imine (C=N–C) groups is 1. The molecule has 1 unspecified atom stereocenters. The van der Waals surface area contributed by atoms with Crippen molar-refractivity contribution in [2.24, 2.45) is 22.4 Å². The van der Waals surface area contributed by atoms with E-state index in [2.05, 4.69) is 20.3 Å².